The Bertz CT molecular complexity index is 335. The summed E-state index contributed by atoms with van der Waals surface area (Å²) < 4.78 is 0. The van der Waals surface area contributed by atoms with E-state index in [2.05, 4.69) is 23.8 Å². The van der Waals surface area contributed by atoms with Gasteiger partial charge in [-0.05, 0) is 29.5 Å². The molecule has 0 aliphatic rings. The fraction of sp³-hybridized carbons (Fsp3) is 0. The number of nitriles is 1. The molecule has 0 aliphatic heterocycles. The van der Waals surface area contributed by atoms with E-state index < -0.39 is 0 Å². The van der Waals surface area contributed by atoms with Crippen LogP contribution < -0.4 is 0 Å². The fourth-order valence-corrected chi connectivity index (χ4v) is 0.822. The normalized spacial score (nSPS) is 7.64. The van der Waals surface area contributed by atoms with Crippen molar-refractivity contribution in [1.29, 1.82) is 5.26 Å². The van der Waals surface area contributed by atoms with Crippen LogP contribution in [0, 0.1) is 22.5 Å². The maximum atomic E-state index is 8.46. The van der Waals surface area contributed by atoms with Crippen LogP contribution in [0.2, 0.25) is 0 Å². The molecule has 1 nitrogen and oxygen atoms in total. The van der Waals surface area contributed by atoms with Gasteiger partial charge in [-0.2, -0.15) is 5.26 Å². The van der Waals surface area contributed by atoms with Gasteiger partial charge in [0, 0.05) is 5.56 Å². The van der Waals surface area contributed by atoms with Crippen LogP contribution in [0.1, 0.15) is 11.1 Å². The summed E-state index contributed by atoms with van der Waals surface area (Å²) >= 11 is 3.75. The van der Waals surface area contributed by atoms with Crippen molar-refractivity contribution < 1.29 is 0 Å². The Morgan fingerprint density at radius 2 is 1.64 bits per heavy atom. The van der Waals surface area contributed by atoms with Gasteiger partial charge in [-0.25, -0.2) is 0 Å². The second kappa shape index (κ2) is 3.71. The van der Waals surface area contributed by atoms with Gasteiger partial charge in [0.2, 0.25) is 0 Å². The monoisotopic (exact) mass is 159 g/mol. The predicted octanol–water partition coefficient (Wildman–Crippen LogP) is 1.80. The third-order valence-corrected chi connectivity index (χ3v) is 1.33. The molecule has 1 rings (SSSR count). The van der Waals surface area contributed by atoms with Gasteiger partial charge in [-0.3, -0.25) is 0 Å². The molecule has 11 heavy (non-hydrogen) atoms. The third kappa shape index (κ3) is 2.04. The fourth-order valence-electron chi connectivity index (χ4n) is 0.693. The minimum absolute atomic E-state index is 0.648. The first kappa shape index (κ1) is 7.72. The maximum absolute atomic E-state index is 8.46. The van der Waals surface area contributed by atoms with Crippen molar-refractivity contribution in [3.63, 3.8) is 0 Å². The summed E-state index contributed by atoms with van der Waals surface area (Å²) in [6.45, 7) is 0. The zero-order valence-corrected chi connectivity index (χ0v) is 6.60. The first-order valence-corrected chi connectivity index (χ1v) is 3.47. The number of rotatable bonds is 0. The number of hydrogen-bond donors (Lipinski definition) is 1. The first-order chi connectivity index (χ1) is 5.36. The molecule has 0 fully saturated rings. The predicted molar refractivity (Wildman–Crippen MR) is 47.0 cm³/mol. The Balaban J connectivity index is 3.00. The summed E-state index contributed by atoms with van der Waals surface area (Å²) in [5, 5.41) is 10.9. The van der Waals surface area contributed by atoms with Crippen molar-refractivity contribution in [3.8, 4) is 17.2 Å². The summed E-state index contributed by atoms with van der Waals surface area (Å²) in [5.74, 6) is 2.76. The third-order valence-electron chi connectivity index (χ3n) is 1.21. The quantitative estimate of drug-likeness (QED) is 0.453. The van der Waals surface area contributed by atoms with Crippen LogP contribution in [0.3, 0.4) is 0 Å². The van der Waals surface area contributed by atoms with Crippen molar-refractivity contribution in [2.45, 2.75) is 0 Å². The number of hydrogen-bond acceptors (Lipinski definition) is 2. The molecule has 1 aromatic rings. The standard InChI is InChI=1S/C9H5NS/c10-7-9-3-1-8(2-4-9)5-6-11/h1-4,11H. The molecule has 0 atom stereocenters. The van der Waals surface area contributed by atoms with Gasteiger partial charge in [-0.1, -0.05) is 18.5 Å². The van der Waals surface area contributed by atoms with E-state index >= 15 is 0 Å². The Hall–Kier alpha value is -1.38. The van der Waals surface area contributed by atoms with Crippen molar-refractivity contribution >= 4 is 12.6 Å². The molecule has 0 heterocycles. The average molecular weight is 159 g/mol. The van der Waals surface area contributed by atoms with Crippen LogP contribution in [0.25, 0.3) is 0 Å². The molecule has 2 heteroatoms. The molecule has 0 aliphatic carbocycles. The second-order valence-electron chi connectivity index (χ2n) is 1.93. The lowest BCUT2D eigenvalue weighted by Gasteiger charge is -1.88. The molecule has 0 bridgehead atoms. The molecular weight excluding hydrogens is 154 g/mol. The second-order valence-corrected chi connectivity index (χ2v) is 2.15. The lowest BCUT2D eigenvalue weighted by atomic mass is 10.2. The number of nitrogens with zero attached hydrogens (tertiary/aromatic N) is 1. The number of thiol groups is 1. The van der Waals surface area contributed by atoms with Crippen molar-refractivity contribution in [3.05, 3.63) is 35.4 Å². The first-order valence-electron chi connectivity index (χ1n) is 3.02. The lowest BCUT2D eigenvalue weighted by Crippen LogP contribution is -1.74. The van der Waals surface area contributed by atoms with E-state index in [4.69, 9.17) is 5.26 Å². The highest BCUT2D eigenvalue weighted by molar-refractivity contribution is 7.85. The highest BCUT2D eigenvalue weighted by Gasteiger charge is 1.87. The van der Waals surface area contributed by atoms with E-state index in [1.807, 2.05) is 6.07 Å². The molecular formula is C9H5NS. The van der Waals surface area contributed by atoms with E-state index in [1.54, 1.807) is 24.3 Å². The van der Waals surface area contributed by atoms with Gasteiger partial charge in [0.1, 0.15) is 0 Å². The molecule has 0 aromatic heterocycles. The Morgan fingerprint density at radius 1 is 1.09 bits per heavy atom. The summed E-state index contributed by atoms with van der Waals surface area (Å²) in [6, 6.07) is 9.08. The van der Waals surface area contributed by atoms with Crippen LogP contribution in [0.15, 0.2) is 24.3 Å². The Labute approximate surface area is 71.1 Å². The van der Waals surface area contributed by atoms with Crippen LogP contribution in [-0.2, 0) is 0 Å². The van der Waals surface area contributed by atoms with E-state index in [0.29, 0.717) is 5.56 Å². The topological polar surface area (TPSA) is 23.8 Å². The molecule has 0 radical (unpaired) electrons. The molecule has 0 saturated carbocycles. The van der Waals surface area contributed by atoms with E-state index in [0.717, 1.165) is 5.56 Å². The summed E-state index contributed by atoms with van der Waals surface area (Å²) in [7, 11) is 0. The summed E-state index contributed by atoms with van der Waals surface area (Å²) in [4.78, 5) is 0. The Morgan fingerprint density at radius 3 is 2.09 bits per heavy atom. The SMILES string of the molecule is N#Cc1ccc(C#CS)cc1. The Kier molecular flexibility index (Phi) is 2.60. The van der Waals surface area contributed by atoms with Gasteiger partial charge in [0.25, 0.3) is 0 Å². The van der Waals surface area contributed by atoms with E-state index in [9.17, 15) is 0 Å². The minimum Gasteiger partial charge on any atom is -0.192 e. The average Bonchev–Trinajstić information content (AvgIpc) is 2.07. The van der Waals surface area contributed by atoms with E-state index in [1.165, 1.54) is 0 Å². The van der Waals surface area contributed by atoms with Gasteiger partial charge < -0.3 is 0 Å². The van der Waals surface area contributed by atoms with Crippen LogP contribution in [0.4, 0.5) is 0 Å². The molecule has 52 valence electrons. The zero-order chi connectivity index (χ0) is 8.10. The van der Waals surface area contributed by atoms with Crippen molar-refractivity contribution in [2.75, 3.05) is 0 Å². The molecule has 0 saturated heterocycles. The van der Waals surface area contributed by atoms with Gasteiger partial charge in [-0.15, -0.1) is 0 Å². The lowest BCUT2D eigenvalue weighted by molar-refractivity contribution is 1.48. The minimum atomic E-state index is 0.648. The van der Waals surface area contributed by atoms with Crippen molar-refractivity contribution in [2.24, 2.45) is 0 Å². The number of benzene rings is 1. The molecule has 0 spiro atoms. The van der Waals surface area contributed by atoms with Crippen LogP contribution in [0.5, 0.6) is 0 Å². The van der Waals surface area contributed by atoms with Gasteiger partial charge >= 0.3 is 0 Å². The smallest absolute Gasteiger partial charge is 0.0991 e. The molecule has 0 N–H and O–H groups in total. The highest BCUT2D eigenvalue weighted by Crippen LogP contribution is 2.01. The van der Waals surface area contributed by atoms with Crippen LogP contribution in [-0.4, -0.2) is 0 Å². The highest BCUT2D eigenvalue weighted by atomic mass is 32.1. The zero-order valence-electron chi connectivity index (χ0n) is 5.70. The maximum Gasteiger partial charge on any atom is 0.0991 e. The van der Waals surface area contributed by atoms with Gasteiger partial charge in [0.05, 0.1) is 11.6 Å². The summed E-state index contributed by atoms with van der Waals surface area (Å²) in [5.41, 5.74) is 1.52. The molecule has 0 unspecified atom stereocenters. The van der Waals surface area contributed by atoms with E-state index in [-0.39, 0.29) is 0 Å². The van der Waals surface area contributed by atoms with Gasteiger partial charge in [0.15, 0.2) is 0 Å². The molecule has 1 aromatic carbocycles. The van der Waals surface area contributed by atoms with Crippen LogP contribution >= 0.6 is 12.6 Å². The largest absolute Gasteiger partial charge is 0.192 e. The van der Waals surface area contributed by atoms with Crippen molar-refractivity contribution in [1.82, 2.24) is 0 Å². The molecule has 0 amide bonds. The summed E-state index contributed by atoms with van der Waals surface area (Å²) in [6.07, 6.45) is 0.